The molecule has 10 unspecified atom stereocenters. The minimum Gasteiger partial charge on any atom is -0.275 e. The average molecular weight is 1650 g/mol. The van der Waals surface area contributed by atoms with Gasteiger partial charge in [0.15, 0.2) is 0 Å². The number of carbonyl (C=O) groups excluding carboxylic acids is 4. The molecule has 10 atom stereocenters. The lowest BCUT2D eigenvalue weighted by molar-refractivity contribution is -0.144. The smallest absolute Gasteiger partial charge is 0.262 e. The summed E-state index contributed by atoms with van der Waals surface area (Å²) in [5, 5.41) is 1.06. The second kappa shape index (κ2) is 58.2. The molecule has 119 heavy (non-hydrogen) atoms. The van der Waals surface area contributed by atoms with Crippen molar-refractivity contribution in [1.29, 1.82) is 0 Å². The van der Waals surface area contributed by atoms with E-state index in [0.29, 0.717) is 19.5 Å². The van der Waals surface area contributed by atoms with Crippen LogP contribution in [0.3, 0.4) is 0 Å². The van der Waals surface area contributed by atoms with Crippen molar-refractivity contribution < 1.29 is 19.2 Å². The Morgan fingerprint density at radius 1 is 0.294 bits per heavy atom. The number of hydrogen-bond acceptors (Lipinski definition) is 8. The highest BCUT2D eigenvalue weighted by Gasteiger charge is 2.42. The number of allylic oxidation sites excluding steroid dienone is 2. The maximum absolute atomic E-state index is 14.8. The third-order valence-electron chi connectivity index (χ3n) is 30.3. The minimum absolute atomic E-state index is 0.142. The Morgan fingerprint density at radius 2 is 0.555 bits per heavy atom. The first-order chi connectivity index (χ1) is 58.0. The standard InChI is InChI=1S/C107H178N4O8/c1-9-15-21-26-39-52-66-90-86(62-48-24-18-12-4)70-72-88(92(90)68-54-41-31-35-46-60-82-108-98(112)74-75-99(108)113)64-50-37-29-28-33-44-59-81-107(8,80-57-43-23-17-11-3)111-104(118)96-84-94-95(85-97(96)105(111)119)103(117)109(102(94)116)83-61-47-36-32-42-55-69-93-89(73-71-87(63-49-25-19-13-5)91(93)67-53-40-27-22-16-10-2)65-51-38-30-34-45-58-79-106(7,78-56-20-14-6)110-100(114)76-77-101(110)115/h11,17,74-77,84-93H,9-10,12-16,18-73,78-83H2,1-8H3/b17-11-. The molecule has 2 aliphatic heterocycles. The zero-order valence-corrected chi connectivity index (χ0v) is 78.1. The van der Waals surface area contributed by atoms with Crippen LogP contribution in [-0.2, 0) is 31.3 Å². The first-order valence-electron chi connectivity index (χ1n) is 51.6. The summed E-state index contributed by atoms with van der Waals surface area (Å²) < 4.78 is 2.91. The molecule has 4 aliphatic rings. The van der Waals surface area contributed by atoms with Crippen LogP contribution in [0.1, 0.15) is 486 Å². The SMILES string of the molecule is C/C=C\CCCCC(C)(CCCCCCCCCC1CCC(CCCCCC)C(CCCCCCCC)C1CCCCCCCCN1C(=O)C=CC1=O)n1c(=O)c2cc3c(=O)n(CCCCCCCCC4C(CCCCCCCCC(C)(CCCCC)N5C(=O)C=CC5=O)CCC(CCCCCC)C4CCCCCCCC)c(=O)c3cc2c1=O. The molecule has 12 heteroatoms. The summed E-state index contributed by atoms with van der Waals surface area (Å²) in [7, 11) is 0. The molecule has 7 rings (SSSR count). The summed E-state index contributed by atoms with van der Waals surface area (Å²) in [5.41, 5.74) is -2.42. The van der Waals surface area contributed by atoms with Crippen molar-refractivity contribution in [2.75, 3.05) is 6.54 Å². The molecular formula is C107H178N4O8. The number of fused-ring (bicyclic) bond motifs is 2. The van der Waals surface area contributed by atoms with Crippen molar-refractivity contribution in [3.63, 3.8) is 0 Å². The van der Waals surface area contributed by atoms with E-state index in [9.17, 15) is 38.4 Å². The van der Waals surface area contributed by atoms with Gasteiger partial charge in [-0.2, -0.15) is 0 Å². The summed E-state index contributed by atoms with van der Waals surface area (Å²) >= 11 is 0. The van der Waals surface area contributed by atoms with Gasteiger partial charge in [0.1, 0.15) is 0 Å². The molecule has 2 aliphatic carbocycles. The molecule has 1 aromatic carbocycles. The summed E-state index contributed by atoms with van der Waals surface area (Å²) in [5.74, 6) is 6.15. The number of amides is 4. The number of carbonyl (C=O) groups is 4. The second-order valence-electron chi connectivity index (χ2n) is 39.6. The molecule has 2 aromatic heterocycles. The summed E-state index contributed by atoms with van der Waals surface area (Å²) in [6.07, 6.45) is 92.1. The summed E-state index contributed by atoms with van der Waals surface area (Å²) in [4.78, 5) is 111. The van der Waals surface area contributed by atoms with E-state index >= 15 is 0 Å². The predicted molar refractivity (Wildman–Crippen MR) is 504 cm³/mol. The number of benzene rings is 1. The topological polar surface area (TPSA) is 153 Å². The van der Waals surface area contributed by atoms with Crippen molar-refractivity contribution in [3.05, 3.63) is 90.0 Å². The van der Waals surface area contributed by atoms with Crippen LogP contribution < -0.4 is 22.2 Å². The Balaban J connectivity index is 0.898. The van der Waals surface area contributed by atoms with Crippen LogP contribution in [-0.4, -0.2) is 54.6 Å². The van der Waals surface area contributed by atoms with Crippen LogP contribution in [0.5, 0.6) is 0 Å². The van der Waals surface area contributed by atoms with Gasteiger partial charge < -0.3 is 0 Å². The van der Waals surface area contributed by atoms with E-state index in [0.717, 1.165) is 176 Å². The summed E-state index contributed by atoms with van der Waals surface area (Å²) in [6, 6.07) is 3.18. The number of hydrogen-bond donors (Lipinski definition) is 0. The van der Waals surface area contributed by atoms with Gasteiger partial charge in [-0.25, -0.2) is 0 Å². The fraction of sp³-hybridized carbons (Fsp3) is 0.813. The van der Waals surface area contributed by atoms with E-state index in [2.05, 4.69) is 67.5 Å². The molecule has 4 amide bonds. The molecule has 674 valence electrons. The molecule has 0 N–H and O–H groups in total. The van der Waals surface area contributed by atoms with Crippen molar-refractivity contribution in [2.45, 2.75) is 503 Å². The normalized spacial score (nSPS) is 20.8. The van der Waals surface area contributed by atoms with Crippen molar-refractivity contribution in [2.24, 2.45) is 47.3 Å². The van der Waals surface area contributed by atoms with Crippen LogP contribution in [0.25, 0.3) is 21.5 Å². The van der Waals surface area contributed by atoms with Gasteiger partial charge in [0.05, 0.1) is 21.5 Å². The zero-order valence-electron chi connectivity index (χ0n) is 78.1. The van der Waals surface area contributed by atoms with Crippen molar-refractivity contribution in [1.82, 2.24) is 18.9 Å². The lowest BCUT2D eigenvalue weighted by Crippen LogP contribution is -2.49. The lowest BCUT2D eigenvalue weighted by atomic mass is 9.61. The van der Waals surface area contributed by atoms with Gasteiger partial charge >= 0.3 is 0 Å². The fourth-order valence-electron chi connectivity index (χ4n) is 23.1. The monoisotopic (exact) mass is 1650 g/mol. The lowest BCUT2D eigenvalue weighted by Gasteiger charge is -2.44. The van der Waals surface area contributed by atoms with Crippen molar-refractivity contribution >= 4 is 45.2 Å². The number of imide groups is 2. The van der Waals surface area contributed by atoms with E-state index in [-0.39, 0.29) is 67.4 Å². The van der Waals surface area contributed by atoms with E-state index in [1.54, 1.807) is 17.0 Å². The minimum atomic E-state index is -0.685. The van der Waals surface area contributed by atoms with Crippen LogP contribution in [0.15, 0.2) is 67.8 Å². The molecule has 0 saturated heterocycles. The fourth-order valence-corrected chi connectivity index (χ4v) is 23.1. The Labute approximate surface area is 726 Å². The van der Waals surface area contributed by atoms with Crippen LogP contribution in [0, 0.1) is 47.3 Å². The summed E-state index contributed by atoms with van der Waals surface area (Å²) in [6.45, 7) is 18.7. The Bertz CT molecular complexity index is 3530. The Morgan fingerprint density at radius 3 is 0.908 bits per heavy atom. The quantitative estimate of drug-likeness (QED) is 0.0308. The highest BCUT2D eigenvalue weighted by Crippen LogP contribution is 2.50. The van der Waals surface area contributed by atoms with Gasteiger partial charge in [-0.1, -0.05) is 374 Å². The Hall–Kier alpha value is -5.00. The maximum Gasteiger partial charge on any atom is 0.262 e. The molecule has 4 heterocycles. The molecule has 0 bridgehead atoms. The first kappa shape index (κ1) is 101. The van der Waals surface area contributed by atoms with Gasteiger partial charge in [-0.3, -0.25) is 57.3 Å². The highest BCUT2D eigenvalue weighted by atomic mass is 16.2. The third kappa shape index (κ3) is 33.5. The average Bonchev–Trinajstić information content (AvgIpc) is 1.57. The largest absolute Gasteiger partial charge is 0.275 e. The zero-order chi connectivity index (χ0) is 85.3. The maximum atomic E-state index is 14.8. The van der Waals surface area contributed by atoms with Gasteiger partial charge in [-0.05, 0) is 183 Å². The van der Waals surface area contributed by atoms with Gasteiger partial charge in [0.2, 0.25) is 0 Å². The second-order valence-corrected chi connectivity index (χ2v) is 39.6. The Kier molecular flexibility index (Phi) is 49.5. The van der Waals surface area contributed by atoms with E-state index < -0.39 is 11.1 Å². The predicted octanol–water partition coefficient (Wildman–Crippen LogP) is 29.0. The highest BCUT2D eigenvalue weighted by molar-refractivity contribution is 6.14. The van der Waals surface area contributed by atoms with E-state index in [1.807, 2.05) is 0 Å². The molecule has 12 nitrogen and oxygen atoms in total. The number of aromatic nitrogens is 2. The van der Waals surface area contributed by atoms with Crippen molar-refractivity contribution in [3.8, 4) is 0 Å². The van der Waals surface area contributed by atoms with Gasteiger partial charge in [0.25, 0.3) is 45.9 Å². The van der Waals surface area contributed by atoms with Crippen LogP contribution >= 0.6 is 0 Å². The van der Waals surface area contributed by atoms with Crippen LogP contribution in [0.4, 0.5) is 0 Å². The molecule has 2 saturated carbocycles. The number of nitrogens with zero attached hydrogens (tertiary/aromatic N) is 4. The molecule has 0 spiro atoms. The molecule has 3 aromatic rings. The number of unbranched alkanes of at least 4 members (excludes halogenated alkanes) is 41. The van der Waals surface area contributed by atoms with E-state index in [4.69, 9.17) is 0 Å². The number of rotatable bonds is 72. The first-order valence-corrected chi connectivity index (χ1v) is 51.6. The molecular weight excluding hydrogens is 1470 g/mol. The molecule has 2 fully saturated rings. The van der Waals surface area contributed by atoms with Gasteiger partial charge in [0, 0.05) is 48.5 Å². The third-order valence-corrected chi connectivity index (χ3v) is 30.3. The molecule has 0 radical (unpaired) electrons. The van der Waals surface area contributed by atoms with Gasteiger partial charge in [-0.15, -0.1) is 0 Å². The van der Waals surface area contributed by atoms with E-state index in [1.165, 1.54) is 334 Å². The van der Waals surface area contributed by atoms with Crippen LogP contribution in [0.2, 0.25) is 0 Å².